The molecule has 1 aliphatic rings. The molecular weight excluding hydrogens is 466 g/mol. The molecule has 1 N–H and O–H groups in total. The first-order valence-electron chi connectivity index (χ1n) is 11.2. The minimum absolute atomic E-state index is 0.0437. The number of benzene rings is 3. The molecule has 0 aromatic heterocycles. The molecule has 8 nitrogen and oxygen atoms in total. The van der Waals surface area contributed by atoms with Gasteiger partial charge in [-0.15, -0.1) is 0 Å². The van der Waals surface area contributed by atoms with E-state index in [0.29, 0.717) is 35.7 Å². The van der Waals surface area contributed by atoms with E-state index in [0.717, 1.165) is 10.7 Å². The number of anilines is 2. The van der Waals surface area contributed by atoms with Crippen LogP contribution in [-0.4, -0.2) is 51.9 Å². The smallest absolute Gasteiger partial charge is 0.264 e. The highest BCUT2D eigenvalue weighted by Gasteiger charge is 2.35. The molecule has 182 valence electrons. The zero-order chi connectivity index (χ0) is 25.0. The van der Waals surface area contributed by atoms with Crippen LogP contribution in [0.25, 0.3) is 0 Å². The Bertz CT molecular complexity index is 1310. The number of hydrogen-bond donors (Lipinski definition) is 1. The van der Waals surface area contributed by atoms with Crippen LogP contribution in [0.1, 0.15) is 23.2 Å². The molecule has 4 rings (SSSR count). The molecule has 9 heteroatoms. The number of para-hydroxylation sites is 3. The van der Waals surface area contributed by atoms with Gasteiger partial charge in [0.2, 0.25) is 5.91 Å². The summed E-state index contributed by atoms with van der Waals surface area (Å²) in [5, 5.41) is 2.86. The van der Waals surface area contributed by atoms with E-state index < -0.39 is 16.1 Å². The summed E-state index contributed by atoms with van der Waals surface area (Å²) in [6.45, 7) is 0.461. The number of methoxy groups -OCH3 is 1. The molecule has 1 fully saturated rings. The molecule has 0 bridgehead atoms. The van der Waals surface area contributed by atoms with E-state index >= 15 is 0 Å². The Hall–Kier alpha value is -3.85. The van der Waals surface area contributed by atoms with Gasteiger partial charge in [-0.25, -0.2) is 8.42 Å². The van der Waals surface area contributed by atoms with Gasteiger partial charge in [0.05, 0.1) is 17.7 Å². The molecule has 35 heavy (non-hydrogen) atoms. The lowest BCUT2D eigenvalue weighted by Gasteiger charge is -2.24. The van der Waals surface area contributed by atoms with E-state index in [2.05, 4.69) is 5.32 Å². The number of rotatable bonds is 7. The molecule has 0 aliphatic carbocycles. The number of amides is 2. The van der Waals surface area contributed by atoms with Crippen molar-refractivity contribution in [3.05, 3.63) is 84.4 Å². The second-order valence-corrected chi connectivity index (χ2v) is 10.1. The normalized spacial score (nSPS) is 15.5. The van der Waals surface area contributed by atoms with Crippen molar-refractivity contribution in [2.75, 3.05) is 30.3 Å². The van der Waals surface area contributed by atoms with Gasteiger partial charge in [0.25, 0.3) is 15.9 Å². The summed E-state index contributed by atoms with van der Waals surface area (Å²) in [6, 6.07) is 21.1. The molecule has 0 radical (unpaired) electrons. The fourth-order valence-electron chi connectivity index (χ4n) is 4.14. The van der Waals surface area contributed by atoms with Crippen LogP contribution in [0.5, 0.6) is 5.75 Å². The SMILES string of the molecule is COc1ccccc1N(C)S(=O)(=O)c1ccc(C(=O)N2CCCC2C(=O)Nc2ccccc2)cc1. The highest BCUT2D eigenvalue weighted by molar-refractivity contribution is 7.92. The monoisotopic (exact) mass is 493 g/mol. The van der Waals surface area contributed by atoms with Gasteiger partial charge in [0.1, 0.15) is 11.8 Å². The van der Waals surface area contributed by atoms with Crippen molar-refractivity contribution in [2.45, 2.75) is 23.8 Å². The molecule has 1 unspecified atom stereocenters. The van der Waals surface area contributed by atoms with Crippen LogP contribution in [-0.2, 0) is 14.8 Å². The summed E-state index contributed by atoms with van der Waals surface area (Å²) in [5.41, 5.74) is 1.40. The Morgan fingerprint density at radius 2 is 1.63 bits per heavy atom. The average Bonchev–Trinajstić information content (AvgIpc) is 3.38. The van der Waals surface area contributed by atoms with Gasteiger partial charge in [0.15, 0.2) is 0 Å². The van der Waals surface area contributed by atoms with E-state index in [1.165, 1.54) is 38.4 Å². The van der Waals surface area contributed by atoms with Crippen LogP contribution in [0.2, 0.25) is 0 Å². The maximum atomic E-state index is 13.2. The van der Waals surface area contributed by atoms with Crippen molar-refractivity contribution >= 4 is 33.2 Å². The number of hydrogen-bond acceptors (Lipinski definition) is 5. The van der Waals surface area contributed by atoms with Crippen molar-refractivity contribution < 1.29 is 22.7 Å². The zero-order valence-corrected chi connectivity index (χ0v) is 20.4. The van der Waals surface area contributed by atoms with Crippen LogP contribution in [0.15, 0.2) is 83.8 Å². The third-order valence-corrected chi connectivity index (χ3v) is 7.83. The number of sulfonamides is 1. The lowest BCUT2D eigenvalue weighted by molar-refractivity contribution is -0.119. The minimum Gasteiger partial charge on any atom is -0.495 e. The average molecular weight is 494 g/mol. The topological polar surface area (TPSA) is 96.0 Å². The second-order valence-electron chi connectivity index (χ2n) is 8.18. The summed E-state index contributed by atoms with van der Waals surface area (Å²) < 4.78 is 32.8. The highest BCUT2D eigenvalue weighted by atomic mass is 32.2. The Balaban J connectivity index is 1.50. The van der Waals surface area contributed by atoms with Crippen LogP contribution in [0.4, 0.5) is 11.4 Å². The van der Waals surface area contributed by atoms with E-state index in [1.807, 2.05) is 18.2 Å². The zero-order valence-electron chi connectivity index (χ0n) is 19.5. The van der Waals surface area contributed by atoms with Gasteiger partial charge in [-0.2, -0.15) is 0 Å². The van der Waals surface area contributed by atoms with Crippen LogP contribution < -0.4 is 14.4 Å². The number of nitrogens with one attached hydrogen (secondary N) is 1. The predicted molar refractivity (Wildman–Crippen MR) is 134 cm³/mol. The van der Waals surface area contributed by atoms with Crippen molar-refractivity contribution in [3.8, 4) is 5.75 Å². The lowest BCUT2D eigenvalue weighted by atomic mass is 10.1. The van der Waals surface area contributed by atoms with Gasteiger partial charge in [-0.05, 0) is 61.4 Å². The molecule has 1 atom stereocenters. The Morgan fingerprint density at radius 3 is 2.31 bits per heavy atom. The first-order valence-corrected chi connectivity index (χ1v) is 12.7. The Kier molecular flexibility index (Phi) is 7.07. The standard InChI is InChI=1S/C26H27N3O5S/c1-28(22-11-6-7-13-24(22)34-2)35(32,33)21-16-14-19(15-17-21)26(31)29-18-8-12-23(29)25(30)27-20-9-4-3-5-10-20/h3-7,9-11,13-17,23H,8,12,18H2,1-2H3,(H,27,30). The summed E-state index contributed by atoms with van der Waals surface area (Å²) in [4.78, 5) is 27.6. The van der Waals surface area contributed by atoms with Gasteiger partial charge >= 0.3 is 0 Å². The van der Waals surface area contributed by atoms with E-state index in [9.17, 15) is 18.0 Å². The van der Waals surface area contributed by atoms with Gasteiger partial charge in [-0.3, -0.25) is 13.9 Å². The third kappa shape index (κ3) is 5.00. The van der Waals surface area contributed by atoms with Gasteiger partial charge in [0, 0.05) is 24.8 Å². The lowest BCUT2D eigenvalue weighted by Crippen LogP contribution is -2.43. The van der Waals surface area contributed by atoms with Crippen molar-refractivity contribution in [2.24, 2.45) is 0 Å². The molecule has 0 spiro atoms. The number of carbonyl (C=O) groups is 2. The van der Waals surface area contributed by atoms with Crippen LogP contribution in [0, 0.1) is 0 Å². The van der Waals surface area contributed by atoms with Crippen molar-refractivity contribution in [1.29, 1.82) is 0 Å². The molecule has 1 heterocycles. The number of likely N-dealkylation sites (tertiary alicyclic amines) is 1. The minimum atomic E-state index is -3.88. The summed E-state index contributed by atoms with van der Waals surface area (Å²) >= 11 is 0. The number of nitrogens with zero attached hydrogens (tertiary/aromatic N) is 2. The Morgan fingerprint density at radius 1 is 0.971 bits per heavy atom. The van der Waals surface area contributed by atoms with Crippen molar-refractivity contribution in [1.82, 2.24) is 4.90 Å². The molecule has 0 saturated carbocycles. The Labute approximate surface area is 205 Å². The molecule has 1 aliphatic heterocycles. The summed E-state index contributed by atoms with van der Waals surface area (Å²) in [7, 11) is -0.952. The largest absolute Gasteiger partial charge is 0.495 e. The fourth-order valence-corrected chi connectivity index (χ4v) is 5.35. The van der Waals surface area contributed by atoms with E-state index in [-0.39, 0.29) is 16.7 Å². The van der Waals surface area contributed by atoms with Crippen LogP contribution in [0.3, 0.4) is 0 Å². The number of carbonyl (C=O) groups excluding carboxylic acids is 2. The fraction of sp³-hybridized carbons (Fsp3) is 0.231. The second kappa shape index (κ2) is 10.2. The van der Waals surface area contributed by atoms with Crippen LogP contribution >= 0.6 is 0 Å². The highest BCUT2D eigenvalue weighted by Crippen LogP contribution is 2.31. The third-order valence-electron chi connectivity index (χ3n) is 6.04. The quantitative estimate of drug-likeness (QED) is 0.541. The molecular formula is C26H27N3O5S. The van der Waals surface area contributed by atoms with E-state index in [1.54, 1.807) is 41.3 Å². The summed E-state index contributed by atoms with van der Waals surface area (Å²) in [5.74, 6) is -0.114. The van der Waals surface area contributed by atoms with Gasteiger partial charge in [-0.1, -0.05) is 30.3 Å². The van der Waals surface area contributed by atoms with Gasteiger partial charge < -0.3 is 15.0 Å². The maximum absolute atomic E-state index is 13.2. The molecule has 3 aromatic rings. The van der Waals surface area contributed by atoms with E-state index in [4.69, 9.17) is 4.74 Å². The molecule has 3 aromatic carbocycles. The number of ether oxygens (including phenoxy) is 1. The summed E-state index contributed by atoms with van der Waals surface area (Å²) in [6.07, 6.45) is 1.29. The molecule has 1 saturated heterocycles. The predicted octanol–water partition coefficient (Wildman–Crippen LogP) is 3.76. The maximum Gasteiger partial charge on any atom is 0.264 e. The molecule has 2 amide bonds. The first kappa shape index (κ1) is 24.3. The van der Waals surface area contributed by atoms with Crippen molar-refractivity contribution in [3.63, 3.8) is 0 Å². The first-order chi connectivity index (χ1) is 16.8.